The van der Waals surface area contributed by atoms with E-state index in [2.05, 4.69) is 46.9 Å². The molecule has 2 aromatic carbocycles. The summed E-state index contributed by atoms with van der Waals surface area (Å²) in [5.41, 5.74) is 2.58. The summed E-state index contributed by atoms with van der Waals surface area (Å²) >= 11 is 0. The second-order valence-electron chi connectivity index (χ2n) is 7.79. The van der Waals surface area contributed by atoms with Gasteiger partial charge in [-0.15, -0.1) is 0 Å². The molecule has 1 aromatic heterocycles. The number of hydrogen-bond acceptors (Lipinski definition) is 5. The summed E-state index contributed by atoms with van der Waals surface area (Å²) in [4.78, 5) is 30.4. The molecule has 30 heavy (non-hydrogen) atoms. The second kappa shape index (κ2) is 7.41. The Labute approximate surface area is 174 Å². The van der Waals surface area contributed by atoms with Gasteiger partial charge < -0.3 is 9.88 Å². The topological polar surface area (TPSA) is 106 Å². The van der Waals surface area contributed by atoms with Crippen molar-refractivity contribution in [1.29, 1.82) is 0 Å². The average Bonchev–Trinajstić information content (AvgIpc) is 2.69. The number of hydrogen-bond donors (Lipinski definition) is 2. The smallest absolute Gasteiger partial charge is 0.326 e. The average molecular weight is 429 g/mol. The largest absolute Gasteiger partial charge is 0.369 e. The number of H-pyrrole nitrogens is 2. The van der Waals surface area contributed by atoms with Crippen LogP contribution in [0.1, 0.15) is 18.1 Å². The zero-order valence-corrected chi connectivity index (χ0v) is 17.9. The van der Waals surface area contributed by atoms with Crippen molar-refractivity contribution in [3.8, 4) is 0 Å². The molecule has 2 heterocycles. The van der Waals surface area contributed by atoms with Gasteiger partial charge in [-0.05, 0) is 62.2 Å². The first-order valence-corrected chi connectivity index (χ1v) is 11.2. The monoisotopic (exact) mass is 428 g/mol. The van der Waals surface area contributed by atoms with Gasteiger partial charge in [0.1, 0.15) is 0 Å². The van der Waals surface area contributed by atoms with Gasteiger partial charge in [0, 0.05) is 31.4 Å². The van der Waals surface area contributed by atoms with Gasteiger partial charge in [0.15, 0.2) is 0 Å². The van der Waals surface area contributed by atoms with Crippen LogP contribution < -0.4 is 16.1 Å². The van der Waals surface area contributed by atoms with Crippen LogP contribution in [0.2, 0.25) is 0 Å². The lowest BCUT2D eigenvalue weighted by Gasteiger charge is -2.40. The fourth-order valence-corrected chi connectivity index (χ4v) is 5.53. The Morgan fingerprint density at radius 2 is 1.73 bits per heavy atom. The van der Waals surface area contributed by atoms with Crippen LogP contribution in [-0.2, 0) is 10.0 Å². The fourth-order valence-electron chi connectivity index (χ4n) is 3.89. The van der Waals surface area contributed by atoms with Gasteiger partial charge in [-0.25, -0.2) is 13.2 Å². The third kappa shape index (κ3) is 3.54. The molecular weight excluding hydrogens is 404 g/mol. The normalized spacial score (nSPS) is 18.1. The van der Waals surface area contributed by atoms with E-state index in [1.54, 1.807) is 0 Å². The number of fused-ring (bicyclic) bond motifs is 1. The Kier molecular flexibility index (Phi) is 5.03. The molecule has 3 aromatic rings. The molecule has 2 N–H and O–H groups in total. The maximum atomic E-state index is 13.3. The van der Waals surface area contributed by atoms with Crippen LogP contribution in [0.4, 0.5) is 5.69 Å². The molecule has 1 aliphatic heterocycles. The zero-order valence-electron chi connectivity index (χ0n) is 17.1. The summed E-state index contributed by atoms with van der Waals surface area (Å²) in [7, 11) is -3.79. The summed E-state index contributed by atoms with van der Waals surface area (Å²) in [6.45, 7) is 7.51. The minimum atomic E-state index is -3.79. The van der Waals surface area contributed by atoms with Gasteiger partial charge in [-0.2, -0.15) is 4.31 Å². The highest BCUT2D eigenvalue weighted by Crippen LogP contribution is 2.26. The quantitative estimate of drug-likeness (QED) is 0.661. The molecule has 1 aliphatic rings. The summed E-state index contributed by atoms with van der Waals surface area (Å²) in [5.74, 6) is 0. The van der Waals surface area contributed by atoms with E-state index >= 15 is 0 Å². The maximum absolute atomic E-state index is 13.3. The highest BCUT2D eigenvalue weighted by Gasteiger charge is 2.34. The van der Waals surface area contributed by atoms with E-state index in [9.17, 15) is 18.0 Å². The molecule has 0 amide bonds. The van der Waals surface area contributed by atoms with Crippen LogP contribution in [0, 0.1) is 13.8 Å². The van der Waals surface area contributed by atoms with Crippen molar-refractivity contribution in [3.63, 3.8) is 0 Å². The van der Waals surface area contributed by atoms with E-state index in [1.165, 1.54) is 33.6 Å². The summed E-state index contributed by atoms with van der Waals surface area (Å²) < 4.78 is 28.0. The van der Waals surface area contributed by atoms with Crippen LogP contribution in [0.25, 0.3) is 10.9 Å². The van der Waals surface area contributed by atoms with Crippen molar-refractivity contribution in [3.05, 3.63) is 68.4 Å². The Morgan fingerprint density at radius 1 is 0.967 bits per heavy atom. The minimum absolute atomic E-state index is 0.0408. The molecule has 0 aliphatic carbocycles. The van der Waals surface area contributed by atoms with Crippen LogP contribution in [-0.4, -0.2) is 48.4 Å². The van der Waals surface area contributed by atoms with Crippen molar-refractivity contribution in [1.82, 2.24) is 14.3 Å². The van der Waals surface area contributed by atoms with E-state index in [0.717, 1.165) is 5.69 Å². The van der Waals surface area contributed by atoms with Crippen molar-refractivity contribution in [2.45, 2.75) is 31.7 Å². The molecule has 1 saturated heterocycles. The van der Waals surface area contributed by atoms with Crippen LogP contribution in [0.3, 0.4) is 0 Å². The Bertz CT molecular complexity index is 1340. The molecule has 1 unspecified atom stereocenters. The van der Waals surface area contributed by atoms with E-state index in [4.69, 9.17) is 0 Å². The summed E-state index contributed by atoms with van der Waals surface area (Å²) in [5, 5.41) is 0.136. The zero-order chi connectivity index (χ0) is 21.6. The molecule has 0 saturated carbocycles. The lowest BCUT2D eigenvalue weighted by molar-refractivity contribution is 0.307. The van der Waals surface area contributed by atoms with Gasteiger partial charge in [0.25, 0.3) is 5.56 Å². The third-order valence-electron chi connectivity index (χ3n) is 5.74. The van der Waals surface area contributed by atoms with Crippen LogP contribution >= 0.6 is 0 Å². The number of sulfonamides is 1. The molecule has 0 bridgehead atoms. The molecular formula is C21H24N4O4S. The molecule has 0 spiro atoms. The highest BCUT2D eigenvalue weighted by atomic mass is 32.2. The van der Waals surface area contributed by atoms with Gasteiger partial charge in [0.2, 0.25) is 10.0 Å². The molecule has 1 atom stereocenters. The Hall–Kier alpha value is -2.91. The number of nitrogens with zero attached hydrogens (tertiary/aromatic N) is 2. The lowest BCUT2D eigenvalue weighted by atomic mass is 10.1. The lowest BCUT2D eigenvalue weighted by Crippen LogP contribution is -2.54. The second-order valence-corrected chi connectivity index (χ2v) is 9.69. The first kappa shape index (κ1) is 20.4. The number of nitrogens with one attached hydrogen (secondary N) is 2. The third-order valence-corrected chi connectivity index (χ3v) is 7.75. The first-order chi connectivity index (χ1) is 14.2. The maximum Gasteiger partial charge on any atom is 0.326 e. The van der Waals surface area contributed by atoms with Crippen LogP contribution in [0.5, 0.6) is 0 Å². The van der Waals surface area contributed by atoms with E-state index in [-0.39, 0.29) is 16.3 Å². The van der Waals surface area contributed by atoms with E-state index in [0.29, 0.717) is 25.2 Å². The first-order valence-electron chi connectivity index (χ1n) is 9.77. The van der Waals surface area contributed by atoms with Crippen molar-refractivity contribution in [2.24, 2.45) is 0 Å². The van der Waals surface area contributed by atoms with Crippen molar-refractivity contribution >= 4 is 26.6 Å². The molecule has 0 radical (unpaired) electrons. The summed E-state index contributed by atoms with van der Waals surface area (Å²) in [6.07, 6.45) is 0. The van der Waals surface area contributed by atoms with Gasteiger partial charge in [-0.3, -0.25) is 9.78 Å². The number of aromatic amines is 2. The Balaban J connectivity index is 1.62. The van der Waals surface area contributed by atoms with Crippen molar-refractivity contribution < 1.29 is 8.42 Å². The Morgan fingerprint density at radius 3 is 2.43 bits per heavy atom. The van der Waals surface area contributed by atoms with Crippen LogP contribution in [0.15, 0.2) is 50.9 Å². The van der Waals surface area contributed by atoms with Gasteiger partial charge in [0.05, 0.1) is 15.8 Å². The molecule has 8 nitrogen and oxygen atoms in total. The van der Waals surface area contributed by atoms with Crippen molar-refractivity contribution in [2.75, 3.05) is 24.5 Å². The van der Waals surface area contributed by atoms with E-state index in [1.807, 2.05) is 6.92 Å². The summed E-state index contributed by atoms with van der Waals surface area (Å²) in [6, 6.07) is 10.2. The molecule has 4 rings (SSSR count). The highest BCUT2D eigenvalue weighted by molar-refractivity contribution is 7.89. The number of benzene rings is 2. The predicted molar refractivity (Wildman–Crippen MR) is 117 cm³/mol. The van der Waals surface area contributed by atoms with Gasteiger partial charge >= 0.3 is 5.69 Å². The van der Waals surface area contributed by atoms with Gasteiger partial charge in [-0.1, -0.05) is 6.07 Å². The number of aromatic nitrogens is 2. The number of aryl methyl sites for hydroxylation is 2. The molecule has 1 fully saturated rings. The standard InChI is InChI=1S/C21H24N4O4S/c1-13-4-5-16(10-14(13)2)24-8-9-25(15(3)12-24)30(28,29)17-6-7-19-18(11-17)20(26)23-21(27)22-19/h4-7,10-11,15H,8-9,12H2,1-3H3,(H2,22,23,26,27). The number of rotatable bonds is 3. The number of piperazine rings is 1. The predicted octanol–water partition coefficient (Wildman–Crippen LogP) is 1.73. The fraction of sp³-hybridized carbons (Fsp3) is 0.333. The SMILES string of the molecule is Cc1ccc(N2CCN(S(=O)(=O)c3ccc4[nH]c(=O)[nH]c(=O)c4c3)C(C)C2)cc1C. The molecule has 9 heteroatoms. The van der Waals surface area contributed by atoms with E-state index < -0.39 is 21.3 Å². The minimum Gasteiger partial charge on any atom is -0.369 e. The number of anilines is 1. The molecule has 158 valence electrons.